The Hall–Kier alpha value is -0.760. The number of hydrogen-bond donors (Lipinski definition) is 2. The summed E-state index contributed by atoms with van der Waals surface area (Å²) in [6.07, 6.45) is 2.19. The minimum absolute atomic E-state index is 0.219. The molecule has 2 N–H and O–H groups in total. The van der Waals surface area contributed by atoms with Gasteiger partial charge in [0.1, 0.15) is 11.9 Å². The van der Waals surface area contributed by atoms with Gasteiger partial charge in [0.05, 0.1) is 0 Å². The fraction of sp³-hybridized carbons (Fsp3) is 0.333. The molecule has 0 amide bonds. The van der Waals surface area contributed by atoms with Gasteiger partial charge in [-0.2, -0.15) is 0 Å². The lowest BCUT2D eigenvalue weighted by molar-refractivity contribution is 0.194. The Morgan fingerprint density at radius 1 is 1.75 bits per heavy atom. The quantitative estimate of drug-likeness (QED) is 0.415. The van der Waals surface area contributed by atoms with Gasteiger partial charge in [-0.05, 0) is 6.92 Å². The summed E-state index contributed by atoms with van der Waals surface area (Å²) in [5.41, 5.74) is 0. The van der Waals surface area contributed by atoms with Gasteiger partial charge in [0.15, 0.2) is 0 Å². The zero-order valence-corrected chi connectivity index (χ0v) is 4.83. The lowest BCUT2D eigenvalue weighted by Crippen LogP contribution is -2.03. The highest BCUT2D eigenvalue weighted by Gasteiger charge is 1.97. The first-order chi connectivity index (χ1) is 3.68. The van der Waals surface area contributed by atoms with Crippen LogP contribution >= 0.6 is 0 Å². The number of rotatable bonds is 2. The molecule has 0 rings (SSSR count). The molecule has 0 aromatic heterocycles. The van der Waals surface area contributed by atoms with Crippen LogP contribution in [0, 0.1) is 0 Å². The van der Waals surface area contributed by atoms with Crippen molar-refractivity contribution >= 4 is 0 Å². The molecule has 0 saturated heterocycles. The molecule has 0 saturated carbocycles. The third kappa shape index (κ3) is 2.42. The fourth-order valence-corrected chi connectivity index (χ4v) is 0.293. The van der Waals surface area contributed by atoms with Gasteiger partial charge in [0.25, 0.3) is 0 Å². The Labute approximate surface area is 48.8 Å². The monoisotopic (exact) mass is 114 g/mol. The van der Waals surface area contributed by atoms with Crippen LogP contribution in [0.2, 0.25) is 0 Å². The highest BCUT2D eigenvalue weighted by atomic mass is 16.3. The van der Waals surface area contributed by atoms with Crippen LogP contribution in [0.15, 0.2) is 24.5 Å². The second-order valence-corrected chi connectivity index (χ2v) is 1.46. The summed E-state index contributed by atoms with van der Waals surface area (Å²) >= 11 is 0. The van der Waals surface area contributed by atoms with Crippen molar-refractivity contribution in [3.63, 3.8) is 0 Å². The average molecular weight is 114 g/mol. The molecular formula is C6H10O2. The van der Waals surface area contributed by atoms with E-state index >= 15 is 0 Å². The Kier molecular flexibility index (Phi) is 2.96. The second-order valence-electron chi connectivity index (χ2n) is 1.46. The first-order valence-corrected chi connectivity index (χ1v) is 2.37. The molecule has 0 radical (unpaired) electrons. The normalized spacial score (nSPS) is 14.2. The molecule has 0 aliphatic rings. The Morgan fingerprint density at radius 2 is 2.25 bits per heavy atom. The van der Waals surface area contributed by atoms with Gasteiger partial charge in [-0.3, -0.25) is 0 Å². The number of aliphatic hydroxyl groups is 2. The molecule has 0 heterocycles. The van der Waals surface area contributed by atoms with E-state index in [4.69, 9.17) is 10.2 Å². The minimum Gasteiger partial charge on any atom is -0.510 e. The van der Waals surface area contributed by atoms with Crippen LogP contribution in [0.3, 0.4) is 0 Å². The number of hydrogen-bond acceptors (Lipinski definition) is 2. The van der Waals surface area contributed by atoms with Crippen molar-refractivity contribution in [2.45, 2.75) is 13.0 Å². The third-order valence-corrected chi connectivity index (χ3v) is 0.716. The van der Waals surface area contributed by atoms with Crippen molar-refractivity contribution < 1.29 is 10.2 Å². The SMILES string of the molecule is C=C(O)C(O)C=CC. The fourth-order valence-electron chi connectivity index (χ4n) is 0.293. The van der Waals surface area contributed by atoms with E-state index in [-0.39, 0.29) is 5.76 Å². The van der Waals surface area contributed by atoms with Crippen molar-refractivity contribution in [3.05, 3.63) is 24.5 Å². The Bertz CT molecular complexity index is 105. The molecule has 1 unspecified atom stereocenters. The molecule has 0 aromatic rings. The maximum absolute atomic E-state index is 8.69. The van der Waals surface area contributed by atoms with Crippen LogP contribution in [0.1, 0.15) is 6.92 Å². The van der Waals surface area contributed by atoms with Crippen LogP contribution in [-0.4, -0.2) is 16.3 Å². The highest BCUT2D eigenvalue weighted by Crippen LogP contribution is 1.94. The van der Waals surface area contributed by atoms with Crippen molar-refractivity contribution in [3.8, 4) is 0 Å². The molecule has 0 aromatic carbocycles. The highest BCUT2D eigenvalue weighted by molar-refractivity contribution is 5.01. The van der Waals surface area contributed by atoms with Gasteiger partial charge in [-0.1, -0.05) is 18.7 Å². The molecule has 0 spiro atoms. The van der Waals surface area contributed by atoms with E-state index in [1.54, 1.807) is 13.0 Å². The van der Waals surface area contributed by atoms with Gasteiger partial charge in [-0.25, -0.2) is 0 Å². The summed E-state index contributed by atoms with van der Waals surface area (Å²) in [7, 11) is 0. The molecule has 0 aliphatic heterocycles. The van der Waals surface area contributed by atoms with Crippen molar-refractivity contribution in [2.75, 3.05) is 0 Å². The van der Waals surface area contributed by atoms with Gasteiger partial charge in [-0.15, -0.1) is 0 Å². The topological polar surface area (TPSA) is 40.5 Å². The molecular weight excluding hydrogens is 104 g/mol. The summed E-state index contributed by atoms with van der Waals surface area (Å²) in [6, 6.07) is 0. The molecule has 2 heteroatoms. The van der Waals surface area contributed by atoms with Crippen LogP contribution < -0.4 is 0 Å². The first kappa shape index (κ1) is 7.24. The molecule has 0 aliphatic carbocycles. The van der Waals surface area contributed by atoms with Crippen molar-refractivity contribution in [1.29, 1.82) is 0 Å². The van der Waals surface area contributed by atoms with Crippen LogP contribution in [0.25, 0.3) is 0 Å². The predicted molar refractivity (Wildman–Crippen MR) is 32.6 cm³/mol. The maximum Gasteiger partial charge on any atom is 0.128 e. The molecule has 8 heavy (non-hydrogen) atoms. The van der Waals surface area contributed by atoms with E-state index in [0.717, 1.165) is 0 Å². The van der Waals surface area contributed by atoms with Crippen molar-refractivity contribution in [2.24, 2.45) is 0 Å². The van der Waals surface area contributed by atoms with Gasteiger partial charge >= 0.3 is 0 Å². The van der Waals surface area contributed by atoms with E-state index in [2.05, 4.69) is 6.58 Å². The van der Waals surface area contributed by atoms with Crippen LogP contribution in [0.5, 0.6) is 0 Å². The summed E-state index contributed by atoms with van der Waals surface area (Å²) in [5.74, 6) is -0.219. The average Bonchev–Trinajstić information content (AvgIpc) is 1.67. The van der Waals surface area contributed by atoms with Crippen LogP contribution in [0.4, 0.5) is 0 Å². The van der Waals surface area contributed by atoms with Gasteiger partial charge in [0.2, 0.25) is 0 Å². The third-order valence-electron chi connectivity index (χ3n) is 0.716. The van der Waals surface area contributed by atoms with E-state index in [9.17, 15) is 0 Å². The molecule has 0 fully saturated rings. The summed E-state index contributed by atoms with van der Waals surface area (Å²) < 4.78 is 0. The Balaban J connectivity index is 3.64. The van der Waals surface area contributed by atoms with Gasteiger partial charge < -0.3 is 10.2 Å². The largest absolute Gasteiger partial charge is 0.510 e. The maximum atomic E-state index is 8.69. The van der Waals surface area contributed by atoms with E-state index in [1.807, 2.05) is 0 Å². The zero-order chi connectivity index (χ0) is 6.57. The first-order valence-electron chi connectivity index (χ1n) is 2.37. The van der Waals surface area contributed by atoms with E-state index in [0.29, 0.717) is 0 Å². The number of aliphatic hydroxyl groups excluding tert-OH is 2. The van der Waals surface area contributed by atoms with E-state index < -0.39 is 6.10 Å². The molecule has 0 bridgehead atoms. The Morgan fingerprint density at radius 3 is 2.38 bits per heavy atom. The smallest absolute Gasteiger partial charge is 0.128 e. The number of allylic oxidation sites excluding steroid dienone is 1. The predicted octanol–water partition coefficient (Wildman–Crippen LogP) is 0.995. The van der Waals surface area contributed by atoms with Crippen molar-refractivity contribution in [1.82, 2.24) is 0 Å². The standard InChI is InChI=1S/C6H10O2/c1-3-4-6(8)5(2)7/h3-4,6-8H,2H2,1H3. The lowest BCUT2D eigenvalue weighted by Gasteiger charge is -1.99. The van der Waals surface area contributed by atoms with Crippen LogP contribution in [-0.2, 0) is 0 Å². The van der Waals surface area contributed by atoms with Gasteiger partial charge in [0, 0.05) is 0 Å². The lowest BCUT2D eigenvalue weighted by atomic mass is 10.3. The molecule has 1 atom stereocenters. The minimum atomic E-state index is -0.903. The summed E-state index contributed by atoms with van der Waals surface area (Å²) in [4.78, 5) is 0. The molecule has 2 nitrogen and oxygen atoms in total. The summed E-state index contributed by atoms with van der Waals surface area (Å²) in [5, 5.41) is 17.1. The summed E-state index contributed by atoms with van der Waals surface area (Å²) in [6.45, 7) is 4.88. The molecule has 46 valence electrons. The second kappa shape index (κ2) is 3.27. The zero-order valence-electron chi connectivity index (χ0n) is 4.83. The van der Waals surface area contributed by atoms with E-state index in [1.165, 1.54) is 6.08 Å².